The molecule has 98 valence electrons. The molecular weight excluding hydrogens is 248 g/mol. The molecular formula is C13H18N2O2S. The summed E-state index contributed by atoms with van der Waals surface area (Å²) < 4.78 is 10.9. The van der Waals surface area contributed by atoms with Gasteiger partial charge < -0.3 is 14.5 Å². The Kier molecular flexibility index (Phi) is 3.35. The average Bonchev–Trinajstić information content (AvgIpc) is 2.96. The van der Waals surface area contributed by atoms with Gasteiger partial charge in [0.1, 0.15) is 11.5 Å². The van der Waals surface area contributed by atoms with Crippen LogP contribution >= 0.6 is 11.8 Å². The molecule has 0 bridgehead atoms. The second kappa shape index (κ2) is 4.97. The SMILES string of the molecule is Cc1ccc(CN=C2NC3(CCOCC3)CS2)o1. The van der Waals surface area contributed by atoms with Crippen molar-refractivity contribution in [3.63, 3.8) is 0 Å². The van der Waals surface area contributed by atoms with Crippen molar-refractivity contribution < 1.29 is 9.15 Å². The third-order valence-corrected chi connectivity index (χ3v) is 4.68. The molecule has 5 heteroatoms. The number of hydrogen-bond donors (Lipinski definition) is 1. The molecule has 0 unspecified atom stereocenters. The van der Waals surface area contributed by atoms with E-state index < -0.39 is 0 Å². The molecule has 1 aromatic heterocycles. The second-order valence-corrected chi connectivity index (χ2v) is 5.90. The molecule has 3 rings (SSSR count). The molecule has 1 aromatic rings. The van der Waals surface area contributed by atoms with E-state index in [1.165, 1.54) is 0 Å². The maximum Gasteiger partial charge on any atom is 0.157 e. The van der Waals surface area contributed by atoms with Crippen LogP contribution in [-0.2, 0) is 11.3 Å². The Morgan fingerprint density at radius 1 is 1.39 bits per heavy atom. The lowest BCUT2D eigenvalue weighted by molar-refractivity contribution is 0.0555. The van der Waals surface area contributed by atoms with Crippen molar-refractivity contribution >= 4 is 16.9 Å². The molecule has 2 fully saturated rings. The topological polar surface area (TPSA) is 46.8 Å². The number of nitrogens with zero attached hydrogens (tertiary/aromatic N) is 1. The minimum absolute atomic E-state index is 0.223. The zero-order chi connectivity index (χ0) is 12.4. The molecule has 0 amide bonds. The molecule has 0 atom stereocenters. The first-order valence-corrected chi connectivity index (χ1v) is 7.33. The highest BCUT2D eigenvalue weighted by Gasteiger charge is 2.38. The minimum atomic E-state index is 0.223. The van der Waals surface area contributed by atoms with Crippen LogP contribution < -0.4 is 5.32 Å². The Labute approximate surface area is 111 Å². The summed E-state index contributed by atoms with van der Waals surface area (Å²) in [7, 11) is 0. The van der Waals surface area contributed by atoms with Crippen molar-refractivity contribution in [2.24, 2.45) is 4.99 Å². The molecule has 2 aliphatic heterocycles. The van der Waals surface area contributed by atoms with Crippen molar-refractivity contribution in [2.45, 2.75) is 31.8 Å². The van der Waals surface area contributed by atoms with Gasteiger partial charge in [0.25, 0.3) is 0 Å². The van der Waals surface area contributed by atoms with Gasteiger partial charge >= 0.3 is 0 Å². The molecule has 2 saturated heterocycles. The van der Waals surface area contributed by atoms with Crippen LogP contribution in [-0.4, -0.2) is 29.7 Å². The van der Waals surface area contributed by atoms with Gasteiger partial charge in [-0.1, -0.05) is 11.8 Å². The summed E-state index contributed by atoms with van der Waals surface area (Å²) in [6.45, 7) is 4.29. The quantitative estimate of drug-likeness (QED) is 0.892. The number of furan rings is 1. The van der Waals surface area contributed by atoms with Crippen molar-refractivity contribution in [3.05, 3.63) is 23.7 Å². The van der Waals surface area contributed by atoms with Crippen molar-refractivity contribution in [1.29, 1.82) is 0 Å². The van der Waals surface area contributed by atoms with Crippen LogP contribution in [0.5, 0.6) is 0 Å². The van der Waals surface area contributed by atoms with Gasteiger partial charge in [-0.05, 0) is 31.9 Å². The molecule has 0 aliphatic carbocycles. The Morgan fingerprint density at radius 2 is 2.22 bits per heavy atom. The van der Waals surface area contributed by atoms with E-state index in [9.17, 15) is 0 Å². The summed E-state index contributed by atoms with van der Waals surface area (Å²) in [6, 6.07) is 3.97. The van der Waals surface area contributed by atoms with Crippen LogP contribution in [0.15, 0.2) is 21.5 Å². The molecule has 4 nitrogen and oxygen atoms in total. The van der Waals surface area contributed by atoms with Gasteiger partial charge in [0.15, 0.2) is 5.17 Å². The zero-order valence-electron chi connectivity index (χ0n) is 10.6. The van der Waals surface area contributed by atoms with Crippen LogP contribution in [0.3, 0.4) is 0 Å². The van der Waals surface area contributed by atoms with Crippen LogP contribution in [0.2, 0.25) is 0 Å². The summed E-state index contributed by atoms with van der Waals surface area (Å²) in [5, 5.41) is 4.62. The van der Waals surface area contributed by atoms with Gasteiger partial charge in [0.05, 0.1) is 12.1 Å². The summed E-state index contributed by atoms with van der Waals surface area (Å²) in [5.41, 5.74) is 0.223. The van der Waals surface area contributed by atoms with E-state index in [0.29, 0.717) is 6.54 Å². The standard InChI is InChI=1S/C13H18N2O2S/c1-10-2-3-11(17-10)8-14-12-15-13(9-18-12)4-6-16-7-5-13/h2-3H,4-9H2,1H3,(H,14,15). The first-order valence-electron chi connectivity index (χ1n) is 6.34. The molecule has 18 heavy (non-hydrogen) atoms. The van der Waals surface area contributed by atoms with Gasteiger partial charge in [-0.3, -0.25) is 4.99 Å². The molecule has 1 N–H and O–H groups in total. The van der Waals surface area contributed by atoms with E-state index in [4.69, 9.17) is 9.15 Å². The zero-order valence-corrected chi connectivity index (χ0v) is 11.4. The van der Waals surface area contributed by atoms with Crippen LogP contribution in [0.4, 0.5) is 0 Å². The number of amidine groups is 1. The third-order valence-electron chi connectivity index (χ3n) is 3.48. The average molecular weight is 266 g/mol. The first-order chi connectivity index (χ1) is 8.76. The number of ether oxygens (including phenoxy) is 1. The molecule has 0 aromatic carbocycles. The Hall–Kier alpha value is -0.940. The van der Waals surface area contributed by atoms with Crippen molar-refractivity contribution in [2.75, 3.05) is 19.0 Å². The van der Waals surface area contributed by atoms with E-state index in [1.54, 1.807) is 0 Å². The number of nitrogens with one attached hydrogen (secondary N) is 1. The monoisotopic (exact) mass is 266 g/mol. The largest absolute Gasteiger partial charge is 0.464 e. The fourth-order valence-electron chi connectivity index (χ4n) is 2.34. The first kappa shape index (κ1) is 12.1. The molecule has 2 aliphatic rings. The summed E-state index contributed by atoms with van der Waals surface area (Å²) >= 11 is 1.82. The third kappa shape index (κ3) is 2.57. The molecule has 3 heterocycles. The van der Waals surface area contributed by atoms with Gasteiger partial charge in [-0.25, -0.2) is 0 Å². The van der Waals surface area contributed by atoms with Crippen LogP contribution in [0, 0.1) is 6.92 Å². The summed E-state index contributed by atoms with van der Waals surface area (Å²) in [6.07, 6.45) is 2.16. The van der Waals surface area contributed by atoms with Gasteiger partial charge in [-0.15, -0.1) is 0 Å². The lowest BCUT2D eigenvalue weighted by Gasteiger charge is -2.32. The fraction of sp³-hybridized carbons (Fsp3) is 0.615. The number of thioether (sulfide) groups is 1. The van der Waals surface area contributed by atoms with Crippen molar-refractivity contribution in [1.82, 2.24) is 5.32 Å². The number of aliphatic imine (C=N–C) groups is 1. The Balaban J connectivity index is 1.61. The molecule has 0 radical (unpaired) electrons. The summed E-state index contributed by atoms with van der Waals surface area (Å²) in [4.78, 5) is 4.59. The van der Waals surface area contributed by atoms with Gasteiger partial charge in [0.2, 0.25) is 0 Å². The van der Waals surface area contributed by atoms with E-state index in [-0.39, 0.29) is 5.54 Å². The number of rotatable bonds is 2. The maximum absolute atomic E-state index is 5.52. The predicted octanol–water partition coefficient (Wildman–Crippen LogP) is 2.33. The Bertz CT molecular complexity index is 450. The second-order valence-electron chi connectivity index (χ2n) is 4.94. The van der Waals surface area contributed by atoms with Gasteiger partial charge in [-0.2, -0.15) is 0 Å². The lowest BCUT2D eigenvalue weighted by atomic mass is 9.93. The van der Waals surface area contributed by atoms with Crippen molar-refractivity contribution in [3.8, 4) is 0 Å². The number of hydrogen-bond acceptors (Lipinski definition) is 4. The number of aryl methyl sites for hydroxylation is 1. The van der Waals surface area contributed by atoms with Gasteiger partial charge in [0, 0.05) is 19.0 Å². The predicted molar refractivity (Wildman–Crippen MR) is 73.0 cm³/mol. The van der Waals surface area contributed by atoms with E-state index in [2.05, 4.69) is 10.3 Å². The van der Waals surface area contributed by atoms with E-state index in [0.717, 1.165) is 48.5 Å². The summed E-state index contributed by atoms with van der Waals surface area (Å²) in [5.74, 6) is 2.97. The van der Waals surface area contributed by atoms with Crippen LogP contribution in [0.25, 0.3) is 0 Å². The smallest absolute Gasteiger partial charge is 0.157 e. The fourth-order valence-corrected chi connectivity index (χ4v) is 3.56. The normalized spacial score (nSPS) is 24.6. The molecule has 0 saturated carbocycles. The van der Waals surface area contributed by atoms with E-state index in [1.807, 2.05) is 30.8 Å². The van der Waals surface area contributed by atoms with E-state index >= 15 is 0 Å². The molecule has 1 spiro atoms. The highest BCUT2D eigenvalue weighted by atomic mass is 32.2. The maximum atomic E-state index is 5.52. The lowest BCUT2D eigenvalue weighted by Crippen LogP contribution is -2.48. The highest BCUT2D eigenvalue weighted by Crippen LogP contribution is 2.31. The minimum Gasteiger partial charge on any atom is -0.464 e. The van der Waals surface area contributed by atoms with Crippen LogP contribution in [0.1, 0.15) is 24.4 Å². The Morgan fingerprint density at radius 3 is 2.94 bits per heavy atom. The highest BCUT2D eigenvalue weighted by molar-refractivity contribution is 8.14.